The van der Waals surface area contributed by atoms with E-state index in [0.29, 0.717) is 0 Å². The molecule has 0 unspecified atom stereocenters. The summed E-state index contributed by atoms with van der Waals surface area (Å²) in [6.07, 6.45) is 8.57. The molecule has 0 bridgehead atoms. The molecule has 20 heavy (non-hydrogen) atoms. The average Bonchev–Trinajstić information content (AvgIpc) is 2.50. The fraction of sp³-hybridized carbons (Fsp3) is 0.444. The van der Waals surface area contributed by atoms with Crippen LogP contribution in [-0.4, -0.2) is 13.4 Å². The Morgan fingerprint density at radius 1 is 1.00 bits per heavy atom. The van der Waals surface area contributed by atoms with Crippen molar-refractivity contribution < 1.29 is 4.74 Å². The van der Waals surface area contributed by atoms with Gasteiger partial charge < -0.3 is 4.74 Å². The molecule has 0 aromatic heterocycles. The highest BCUT2D eigenvalue weighted by Gasteiger charge is 2.05. The van der Waals surface area contributed by atoms with E-state index >= 15 is 0 Å². The van der Waals surface area contributed by atoms with E-state index in [9.17, 15) is 0 Å². The number of fused-ring (bicyclic) bond motifs is 1. The average molecular weight is 288 g/mol. The van der Waals surface area contributed by atoms with Crippen molar-refractivity contribution in [2.24, 2.45) is 0 Å². The van der Waals surface area contributed by atoms with Crippen molar-refractivity contribution in [2.45, 2.75) is 43.9 Å². The minimum Gasteiger partial charge on any atom is -0.496 e. The van der Waals surface area contributed by atoms with Crippen LogP contribution in [0.3, 0.4) is 0 Å². The van der Waals surface area contributed by atoms with Gasteiger partial charge in [0.15, 0.2) is 0 Å². The largest absolute Gasteiger partial charge is 0.496 e. The van der Waals surface area contributed by atoms with Crippen LogP contribution in [0.2, 0.25) is 0 Å². The fourth-order valence-electron chi connectivity index (χ4n) is 2.54. The van der Waals surface area contributed by atoms with Crippen LogP contribution in [-0.2, 0) is 6.42 Å². The van der Waals surface area contributed by atoms with Crippen molar-refractivity contribution in [2.75, 3.05) is 13.4 Å². The van der Waals surface area contributed by atoms with Gasteiger partial charge in [0.05, 0.1) is 7.11 Å². The minimum absolute atomic E-state index is 0.973. The summed E-state index contributed by atoms with van der Waals surface area (Å²) in [7, 11) is 1.74. The van der Waals surface area contributed by atoms with Crippen LogP contribution in [0.1, 0.15) is 38.2 Å². The van der Waals surface area contributed by atoms with E-state index in [4.69, 9.17) is 4.74 Å². The van der Waals surface area contributed by atoms with Gasteiger partial charge in [-0.25, -0.2) is 0 Å². The molecule has 0 saturated heterocycles. The summed E-state index contributed by atoms with van der Waals surface area (Å²) >= 11 is 1.74. The van der Waals surface area contributed by atoms with Crippen molar-refractivity contribution in [3.05, 3.63) is 35.9 Å². The number of thioether (sulfide) groups is 1. The molecule has 0 atom stereocenters. The molecule has 0 aliphatic rings. The lowest BCUT2D eigenvalue weighted by molar-refractivity contribution is 0.405. The van der Waals surface area contributed by atoms with E-state index < -0.39 is 0 Å². The Bertz CT molecular complexity index is 563. The Balaban J connectivity index is 2.20. The second-order valence-electron chi connectivity index (χ2n) is 5.20. The topological polar surface area (TPSA) is 9.23 Å². The van der Waals surface area contributed by atoms with E-state index in [2.05, 4.69) is 43.5 Å². The monoisotopic (exact) mass is 288 g/mol. The third-order valence-electron chi connectivity index (χ3n) is 3.73. The van der Waals surface area contributed by atoms with Crippen LogP contribution >= 0.6 is 11.8 Å². The molecule has 108 valence electrons. The van der Waals surface area contributed by atoms with Gasteiger partial charge >= 0.3 is 0 Å². The lowest BCUT2D eigenvalue weighted by atomic mass is 10.0. The predicted molar refractivity (Wildman–Crippen MR) is 90.1 cm³/mol. The van der Waals surface area contributed by atoms with Gasteiger partial charge in [-0.1, -0.05) is 44.4 Å². The zero-order chi connectivity index (χ0) is 14.4. The molecule has 0 radical (unpaired) electrons. The number of benzene rings is 2. The van der Waals surface area contributed by atoms with E-state index in [0.717, 1.165) is 5.75 Å². The van der Waals surface area contributed by atoms with Gasteiger partial charge in [-0.15, -0.1) is 11.8 Å². The van der Waals surface area contributed by atoms with Crippen LogP contribution in [0.25, 0.3) is 10.8 Å². The molecule has 0 amide bonds. The van der Waals surface area contributed by atoms with Gasteiger partial charge in [0.1, 0.15) is 5.75 Å². The maximum Gasteiger partial charge on any atom is 0.133 e. The number of unbranched alkanes of at least 4 members (excludes halogenated alkanes) is 3. The fourth-order valence-corrected chi connectivity index (χ4v) is 3.12. The van der Waals surface area contributed by atoms with E-state index in [1.54, 1.807) is 18.9 Å². The molecule has 0 fully saturated rings. The maximum atomic E-state index is 5.45. The summed E-state index contributed by atoms with van der Waals surface area (Å²) in [5.74, 6) is 0.973. The Hall–Kier alpha value is -1.15. The van der Waals surface area contributed by atoms with E-state index in [-0.39, 0.29) is 0 Å². The highest BCUT2D eigenvalue weighted by molar-refractivity contribution is 7.98. The minimum atomic E-state index is 0.973. The first-order valence-corrected chi connectivity index (χ1v) is 8.65. The number of rotatable bonds is 7. The standard InChI is InChI=1S/C18H24OS/c1-4-5-6-7-8-14-9-10-15-12-17(19-2)18(20-3)13-16(15)11-14/h9-13H,4-8H2,1-3H3. The normalized spacial score (nSPS) is 10.9. The number of methoxy groups -OCH3 is 1. The summed E-state index contributed by atoms with van der Waals surface area (Å²) in [5.41, 5.74) is 1.45. The molecule has 0 heterocycles. The van der Waals surface area contributed by atoms with Crippen molar-refractivity contribution in [1.29, 1.82) is 0 Å². The summed E-state index contributed by atoms with van der Waals surface area (Å²) in [5, 5.41) is 2.58. The zero-order valence-corrected chi connectivity index (χ0v) is 13.6. The number of aryl methyl sites for hydroxylation is 1. The first-order chi connectivity index (χ1) is 9.78. The van der Waals surface area contributed by atoms with Crippen molar-refractivity contribution in [3.63, 3.8) is 0 Å². The SMILES string of the molecule is CCCCCCc1ccc2cc(OC)c(SC)cc2c1. The molecular weight excluding hydrogens is 264 g/mol. The number of hydrogen-bond acceptors (Lipinski definition) is 2. The van der Waals surface area contributed by atoms with Crippen molar-refractivity contribution >= 4 is 22.5 Å². The van der Waals surface area contributed by atoms with E-state index in [1.807, 2.05) is 0 Å². The second kappa shape index (κ2) is 7.58. The molecular formula is C18H24OS. The molecule has 2 rings (SSSR count). The quantitative estimate of drug-likeness (QED) is 0.478. The summed E-state index contributed by atoms with van der Waals surface area (Å²) in [6, 6.07) is 11.2. The maximum absolute atomic E-state index is 5.45. The van der Waals surface area contributed by atoms with Crippen LogP contribution in [0.15, 0.2) is 35.2 Å². The Labute approximate surface area is 126 Å². The van der Waals surface area contributed by atoms with Crippen LogP contribution < -0.4 is 4.74 Å². The highest BCUT2D eigenvalue weighted by Crippen LogP contribution is 2.32. The Kier molecular flexibility index (Phi) is 5.78. The summed E-state index contributed by atoms with van der Waals surface area (Å²) < 4.78 is 5.45. The van der Waals surface area contributed by atoms with Crippen LogP contribution in [0.5, 0.6) is 5.75 Å². The van der Waals surface area contributed by atoms with E-state index in [1.165, 1.54) is 53.3 Å². The first kappa shape index (κ1) is 15.2. The van der Waals surface area contributed by atoms with Crippen LogP contribution in [0.4, 0.5) is 0 Å². The smallest absolute Gasteiger partial charge is 0.133 e. The highest BCUT2D eigenvalue weighted by atomic mass is 32.2. The van der Waals surface area contributed by atoms with Gasteiger partial charge in [0, 0.05) is 4.90 Å². The lowest BCUT2D eigenvalue weighted by Gasteiger charge is -2.10. The molecule has 0 spiro atoms. The Morgan fingerprint density at radius 3 is 2.55 bits per heavy atom. The van der Waals surface area contributed by atoms with Gasteiger partial charge in [-0.2, -0.15) is 0 Å². The molecule has 1 nitrogen and oxygen atoms in total. The third-order valence-corrected chi connectivity index (χ3v) is 4.48. The Morgan fingerprint density at radius 2 is 1.85 bits per heavy atom. The first-order valence-electron chi connectivity index (χ1n) is 7.43. The number of hydrogen-bond donors (Lipinski definition) is 0. The predicted octanol–water partition coefficient (Wildman–Crippen LogP) is 5.69. The van der Waals surface area contributed by atoms with Gasteiger partial charge in [0.25, 0.3) is 0 Å². The van der Waals surface area contributed by atoms with Gasteiger partial charge in [-0.05, 0) is 47.6 Å². The molecule has 2 aromatic carbocycles. The molecule has 0 aliphatic carbocycles. The van der Waals surface area contributed by atoms with Gasteiger partial charge in [-0.3, -0.25) is 0 Å². The third kappa shape index (κ3) is 3.69. The van der Waals surface area contributed by atoms with Crippen molar-refractivity contribution in [3.8, 4) is 5.75 Å². The molecule has 0 saturated carbocycles. The second-order valence-corrected chi connectivity index (χ2v) is 6.05. The number of ether oxygens (including phenoxy) is 1. The zero-order valence-electron chi connectivity index (χ0n) is 12.7. The summed E-state index contributed by atoms with van der Waals surface area (Å²) in [4.78, 5) is 1.21. The lowest BCUT2D eigenvalue weighted by Crippen LogP contribution is -1.89. The molecule has 0 aliphatic heterocycles. The molecule has 2 heteroatoms. The van der Waals surface area contributed by atoms with Gasteiger partial charge in [0.2, 0.25) is 0 Å². The summed E-state index contributed by atoms with van der Waals surface area (Å²) in [6.45, 7) is 2.26. The molecule has 2 aromatic rings. The van der Waals surface area contributed by atoms with Crippen molar-refractivity contribution in [1.82, 2.24) is 0 Å². The van der Waals surface area contributed by atoms with Crippen LogP contribution in [0, 0.1) is 0 Å². The molecule has 0 N–H and O–H groups in total.